The van der Waals surface area contributed by atoms with E-state index in [0.717, 1.165) is 24.2 Å². The van der Waals surface area contributed by atoms with Crippen LogP contribution >= 0.6 is 0 Å². The van der Waals surface area contributed by atoms with Crippen LogP contribution in [0.25, 0.3) is 0 Å². The summed E-state index contributed by atoms with van der Waals surface area (Å²) in [4.78, 5) is 11.8. The predicted octanol–water partition coefficient (Wildman–Crippen LogP) is -0.190. The Morgan fingerprint density at radius 2 is 2.24 bits per heavy atom. The largest absolute Gasteiger partial charge is 0.388 e. The number of carbonyl (C=O) groups excluding carboxylic acids is 1. The van der Waals surface area contributed by atoms with Crippen molar-refractivity contribution in [3.8, 4) is 0 Å². The van der Waals surface area contributed by atoms with Crippen molar-refractivity contribution in [1.82, 2.24) is 10.6 Å². The van der Waals surface area contributed by atoms with Crippen LogP contribution in [0, 0.1) is 0 Å². The Morgan fingerprint density at radius 3 is 2.71 bits per heavy atom. The van der Waals surface area contributed by atoms with Crippen LogP contribution in [0.2, 0.25) is 0 Å². The Kier molecular flexibility index (Phi) is 5.11. The molecular weight excluding hydrogens is 220 g/mol. The molecule has 0 radical (unpaired) electrons. The third kappa shape index (κ3) is 4.46. The van der Waals surface area contributed by atoms with E-state index in [1.165, 1.54) is 0 Å². The Hall–Kier alpha value is -0.910. The third-order valence-electron chi connectivity index (χ3n) is 3.02. The van der Waals surface area contributed by atoms with Gasteiger partial charge in [0, 0.05) is 45.3 Å². The molecule has 1 saturated heterocycles. The van der Waals surface area contributed by atoms with Gasteiger partial charge in [-0.15, -0.1) is 0 Å². The van der Waals surface area contributed by atoms with E-state index in [1.807, 2.05) is 6.92 Å². The topological polar surface area (TPSA) is 70.6 Å². The number of nitrogens with one attached hydrogen (secondary N) is 2. The maximum atomic E-state index is 11.8. The molecule has 1 rings (SSSR count). The fraction of sp³-hybridized carbons (Fsp3) is 0.750. The Labute approximate surface area is 102 Å². The molecule has 0 spiro atoms. The Bertz CT molecular complexity index is 305. The molecule has 0 bridgehead atoms. The zero-order chi connectivity index (χ0) is 12.9. The lowest BCUT2D eigenvalue weighted by Crippen LogP contribution is -2.43. The molecule has 17 heavy (non-hydrogen) atoms. The van der Waals surface area contributed by atoms with Crippen molar-refractivity contribution in [3.05, 3.63) is 11.1 Å². The van der Waals surface area contributed by atoms with Gasteiger partial charge in [0.25, 0.3) is 0 Å². The van der Waals surface area contributed by atoms with Crippen molar-refractivity contribution in [2.45, 2.75) is 25.9 Å². The molecule has 1 atom stereocenters. The molecule has 0 saturated carbocycles. The zero-order valence-corrected chi connectivity index (χ0v) is 10.8. The molecule has 0 aromatic heterocycles. The third-order valence-corrected chi connectivity index (χ3v) is 3.02. The zero-order valence-electron chi connectivity index (χ0n) is 10.8. The van der Waals surface area contributed by atoms with Crippen molar-refractivity contribution < 1.29 is 14.6 Å². The summed E-state index contributed by atoms with van der Waals surface area (Å²) in [5.41, 5.74) is 0.972. The van der Waals surface area contributed by atoms with Gasteiger partial charge in [-0.05, 0) is 19.4 Å². The summed E-state index contributed by atoms with van der Waals surface area (Å²) in [6, 6.07) is 0. The molecule has 3 N–H and O–H groups in total. The van der Waals surface area contributed by atoms with E-state index in [4.69, 9.17) is 4.74 Å². The highest BCUT2D eigenvalue weighted by molar-refractivity contribution is 5.94. The first-order valence-corrected chi connectivity index (χ1v) is 5.85. The maximum Gasteiger partial charge on any atom is 0.247 e. The standard InChI is InChI=1S/C12H22N2O3/c1-9(10-6-13-7-10)11(15)14-8-12(2,16)4-5-17-3/h13,16H,4-8H2,1-3H3,(H,14,15). The number of rotatable bonds is 6. The molecular formula is C12H22N2O3. The fourth-order valence-corrected chi connectivity index (χ4v) is 1.49. The second-order valence-electron chi connectivity index (χ2n) is 4.75. The number of ether oxygens (including phenoxy) is 1. The van der Waals surface area contributed by atoms with Crippen LogP contribution in [-0.2, 0) is 9.53 Å². The molecule has 1 fully saturated rings. The molecule has 0 aromatic rings. The maximum absolute atomic E-state index is 11.8. The molecule has 1 aliphatic heterocycles. The van der Waals surface area contributed by atoms with E-state index in [-0.39, 0.29) is 12.5 Å². The molecule has 0 aliphatic carbocycles. The lowest BCUT2D eigenvalue weighted by Gasteiger charge is -2.25. The van der Waals surface area contributed by atoms with E-state index in [9.17, 15) is 9.90 Å². The van der Waals surface area contributed by atoms with Crippen molar-refractivity contribution in [2.24, 2.45) is 0 Å². The summed E-state index contributed by atoms with van der Waals surface area (Å²) in [5.74, 6) is -0.0980. The van der Waals surface area contributed by atoms with Crippen molar-refractivity contribution in [3.63, 3.8) is 0 Å². The number of aliphatic hydroxyl groups is 1. The smallest absolute Gasteiger partial charge is 0.247 e. The van der Waals surface area contributed by atoms with Crippen molar-refractivity contribution >= 4 is 5.91 Å². The van der Waals surface area contributed by atoms with E-state index >= 15 is 0 Å². The van der Waals surface area contributed by atoms with Gasteiger partial charge in [0.1, 0.15) is 0 Å². The highest BCUT2D eigenvalue weighted by atomic mass is 16.5. The van der Waals surface area contributed by atoms with E-state index < -0.39 is 5.60 Å². The summed E-state index contributed by atoms with van der Waals surface area (Å²) >= 11 is 0. The van der Waals surface area contributed by atoms with Crippen LogP contribution in [0.1, 0.15) is 20.3 Å². The summed E-state index contributed by atoms with van der Waals surface area (Å²) in [6.45, 7) is 5.81. The summed E-state index contributed by atoms with van der Waals surface area (Å²) in [7, 11) is 1.59. The Balaban J connectivity index is 2.37. The first kappa shape index (κ1) is 14.2. The minimum absolute atomic E-state index is 0.0980. The quantitative estimate of drug-likeness (QED) is 0.565. The monoisotopic (exact) mass is 242 g/mol. The second-order valence-corrected chi connectivity index (χ2v) is 4.75. The van der Waals surface area contributed by atoms with Crippen LogP contribution in [0.3, 0.4) is 0 Å². The van der Waals surface area contributed by atoms with Crippen LogP contribution in [0.5, 0.6) is 0 Å². The number of carbonyl (C=O) groups is 1. The number of hydrogen-bond acceptors (Lipinski definition) is 4. The first-order chi connectivity index (χ1) is 7.96. The van der Waals surface area contributed by atoms with Gasteiger partial charge in [0.2, 0.25) is 5.91 Å². The van der Waals surface area contributed by atoms with Gasteiger partial charge in [-0.3, -0.25) is 4.79 Å². The van der Waals surface area contributed by atoms with Crippen LogP contribution in [0.15, 0.2) is 11.1 Å². The van der Waals surface area contributed by atoms with Crippen LogP contribution in [0.4, 0.5) is 0 Å². The Morgan fingerprint density at radius 1 is 1.59 bits per heavy atom. The van der Waals surface area contributed by atoms with Gasteiger partial charge in [0.15, 0.2) is 0 Å². The molecule has 98 valence electrons. The SMILES string of the molecule is COCCC(C)(O)CNC(=O)C(C)=C1CNC1. The second kappa shape index (κ2) is 6.14. The van der Waals surface area contributed by atoms with Gasteiger partial charge < -0.3 is 20.5 Å². The fourth-order valence-electron chi connectivity index (χ4n) is 1.49. The number of hydrogen-bond donors (Lipinski definition) is 3. The lowest BCUT2D eigenvalue weighted by atomic mass is 10.0. The molecule has 1 heterocycles. The molecule has 5 nitrogen and oxygen atoms in total. The molecule has 1 aliphatic rings. The number of methoxy groups -OCH3 is 1. The van der Waals surface area contributed by atoms with Crippen LogP contribution in [-0.4, -0.2) is 50.0 Å². The van der Waals surface area contributed by atoms with Gasteiger partial charge >= 0.3 is 0 Å². The summed E-state index contributed by atoms with van der Waals surface area (Å²) < 4.78 is 4.91. The van der Waals surface area contributed by atoms with Gasteiger partial charge in [-0.25, -0.2) is 0 Å². The molecule has 1 unspecified atom stereocenters. The van der Waals surface area contributed by atoms with Gasteiger partial charge in [-0.1, -0.05) is 0 Å². The average molecular weight is 242 g/mol. The minimum Gasteiger partial charge on any atom is -0.388 e. The van der Waals surface area contributed by atoms with Gasteiger partial charge in [-0.2, -0.15) is 0 Å². The highest BCUT2D eigenvalue weighted by Gasteiger charge is 2.22. The van der Waals surface area contributed by atoms with Gasteiger partial charge in [0.05, 0.1) is 5.60 Å². The average Bonchev–Trinajstić information content (AvgIpc) is 2.21. The lowest BCUT2D eigenvalue weighted by molar-refractivity contribution is -0.118. The summed E-state index contributed by atoms with van der Waals surface area (Å²) in [5, 5.41) is 15.8. The highest BCUT2D eigenvalue weighted by Crippen LogP contribution is 2.11. The van der Waals surface area contributed by atoms with Crippen molar-refractivity contribution in [2.75, 3.05) is 33.4 Å². The van der Waals surface area contributed by atoms with Crippen molar-refractivity contribution in [1.29, 1.82) is 0 Å². The van der Waals surface area contributed by atoms with E-state index in [2.05, 4.69) is 10.6 Å². The van der Waals surface area contributed by atoms with E-state index in [1.54, 1.807) is 14.0 Å². The number of amides is 1. The predicted molar refractivity (Wildman–Crippen MR) is 65.7 cm³/mol. The molecule has 1 amide bonds. The molecule has 5 heteroatoms. The molecule has 0 aromatic carbocycles. The first-order valence-electron chi connectivity index (χ1n) is 5.85. The summed E-state index contributed by atoms with van der Waals surface area (Å²) in [6.07, 6.45) is 0.501. The minimum atomic E-state index is -0.922. The normalized spacial score (nSPS) is 18.2. The van der Waals surface area contributed by atoms with E-state index in [0.29, 0.717) is 13.0 Å². The van der Waals surface area contributed by atoms with Crippen LogP contribution < -0.4 is 10.6 Å².